The van der Waals surface area contributed by atoms with Crippen LogP contribution in [0.3, 0.4) is 0 Å². The van der Waals surface area contributed by atoms with E-state index in [1.54, 1.807) is 18.7 Å². The van der Waals surface area contributed by atoms with Crippen molar-refractivity contribution in [2.24, 2.45) is 11.8 Å². The number of amides is 2. The molecule has 6 nitrogen and oxygen atoms in total. The number of likely N-dealkylation sites (tertiary alicyclic amines) is 1. The molecule has 160 valence electrons. The molecular formula is C21H28F2N2O4. The number of hydrogen-bond acceptors (Lipinski definition) is 4. The third-order valence-electron chi connectivity index (χ3n) is 5.42. The fourth-order valence-corrected chi connectivity index (χ4v) is 3.99. The molecule has 29 heavy (non-hydrogen) atoms. The molecule has 0 radical (unpaired) electrons. The van der Waals surface area contributed by atoms with E-state index in [0.717, 1.165) is 25.0 Å². The molecule has 0 bridgehead atoms. The number of nitrogens with zero attached hydrogens (tertiary/aromatic N) is 1. The second-order valence-electron chi connectivity index (χ2n) is 7.99. The highest BCUT2D eigenvalue weighted by atomic mass is 19.1. The summed E-state index contributed by atoms with van der Waals surface area (Å²) in [6.45, 7) is 7.02. The number of ether oxygens (including phenoxy) is 2. The average molecular weight is 410 g/mol. The number of anilines is 1. The first-order chi connectivity index (χ1) is 13.8. The lowest BCUT2D eigenvalue weighted by atomic mass is 10.0. The molecule has 8 heteroatoms. The Morgan fingerprint density at radius 1 is 1.21 bits per heavy atom. The number of rotatable bonds is 8. The molecule has 2 amide bonds. The zero-order valence-electron chi connectivity index (χ0n) is 17.0. The van der Waals surface area contributed by atoms with E-state index in [9.17, 15) is 18.4 Å². The van der Waals surface area contributed by atoms with E-state index < -0.39 is 17.7 Å². The quantitative estimate of drug-likeness (QED) is 0.660. The van der Waals surface area contributed by atoms with Crippen LogP contribution in [-0.4, -0.2) is 49.3 Å². The van der Waals surface area contributed by atoms with Gasteiger partial charge in [-0.15, -0.1) is 0 Å². The van der Waals surface area contributed by atoms with Gasteiger partial charge in [0.2, 0.25) is 5.91 Å². The van der Waals surface area contributed by atoms with Gasteiger partial charge in [0.1, 0.15) is 18.2 Å². The van der Waals surface area contributed by atoms with Crippen LogP contribution in [0.5, 0.6) is 0 Å². The monoisotopic (exact) mass is 410 g/mol. The highest BCUT2D eigenvalue weighted by molar-refractivity contribution is 5.84. The van der Waals surface area contributed by atoms with Crippen LogP contribution in [-0.2, 0) is 14.3 Å². The molecule has 1 aromatic carbocycles. The van der Waals surface area contributed by atoms with Crippen molar-refractivity contribution in [2.75, 3.05) is 31.6 Å². The molecule has 1 aromatic rings. The van der Waals surface area contributed by atoms with Gasteiger partial charge in [0.15, 0.2) is 0 Å². The summed E-state index contributed by atoms with van der Waals surface area (Å²) in [4.78, 5) is 25.5. The highest BCUT2D eigenvalue weighted by Gasteiger charge is 2.58. The summed E-state index contributed by atoms with van der Waals surface area (Å²) in [6.07, 6.45) is 0.829. The Balaban J connectivity index is 1.56. The first-order valence-electron chi connectivity index (χ1n) is 10.1. The molecule has 0 spiro atoms. The standard InChI is InChI=1S/C21H28F2N2O4/c1-4-5-6-28-11-18(26)25-9-14-15(10-25)19(14)20-16(22)7-13(8-17(20)23)24-21(27)29-12(2)3/h7-8,12,14-15,19H,4-6,9-11H2,1-3H3,(H,24,27)/t14-,15+,19?. The number of hydrogen-bond donors (Lipinski definition) is 1. The Hall–Kier alpha value is -2.22. The third kappa shape index (κ3) is 5.04. The van der Waals surface area contributed by atoms with Gasteiger partial charge < -0.3 is 14.4 Å². The SMILES string of the molecule is CCCCOCC(=O)N1C[C@@H]2C(c3c(F)cc(NC(=O)OC(C)C)cc3F)[C@@H]2C1. The van der Waals surface area contributed by atoms with Crippen molar-refractivity contribution in [3.8, 4) is 0 Å². The van der Waals surface area contributed by atoms with Crippen LogP contribution in [0, 0.1) is 23.5 Å². The molecule has 1 aliphatic carbocycles. The van der Waals surface area contributed by atoms with E-state index in [1.807, 2.05) is 0 Å². The van der Waals surface area contributed by atoms with Gasteiger partial charge in [0.05, 0.1) is 6.10 Å². The van der Waals surface area contributed by atoms with Gasteiger partial charge in [-0.05, 0) is 50.2 Å². The van der Waals surface area contributed by atoms with Crippen LogP contribution in [0.25, 0.3) is 0 Å². The van der Waals surface area contributed by atoms with Crippen LogP contribution in [0.15, 0.2) is 12.1 Å². The van der Waals surface area contributed by atoms with E-state index in [2.05, 4.69) is 12.2 Å². The minimum absolute atomic E-state index is 0.0150. The maximum Gasteiger partial charge on any atom is 0.411 e. The molecule has 1 saturated heterocycles. The Morgan fingerprint density at radius 3 is 2.38 bits per heavy atom. The van der Waals surface area contributed by atoms with E-state index in [1.165, 1.54) is 0 Å². The van der Waals surface area contributed by atoms with Crippen molar-refractivity contribution in [3.05, 3.63) is 29.3 Å². The number of unbranched alkanes of at least 4 members (excludes halogenated alkanes) is 1. The Morgan fingerprint density at radius 2 is 1.83 bits per heavy atom. The highest BCUT2D eigenvalue weighted by Crippen LogP contribution is 2.59. The molecule has 1 heterocycles. The Labute approximate surface area is 169 Å². The summed E-state index contributed by atoms with van der Waals surface area (Å²) in [5.74, 6) is -1.57. The lowest BCUT2D eigenvalue weighted by Gasteiger charge is -2.20. The largest absolute Gasteiger partial charge is 0.447 e. The maximum atomic E-state index is 14.6. The minimum atomic E-state index is -0.759. The van der Waals surface area contributed by atoms with Crippen LogP contribution < -0.4 is 5.32 Å². The van der Waals surface area contributed by atoms with Crippen molar-refractivity contribution in [3.63, 3.8) is 0 Å². The molecule has 3 atom stereocenters. The second-order valence-corrected chi connectivity index (χ2v) is 7.99. The van der Waals surface area contributed by atoms with Gasteiger partial charge in [-0.3, -0.25) is 10.1 Å². The van der Waals surface area contributed by atoms with E-state index in [4.69, 9.17) is 9.47 Å². The number of nitrogens with one attached hydrogen (secondary N) is 1. The van der Waals surface area contributed by atoms with Crippen molar-refractivity contribution >= 4 is 17.7 Å². The molecule has 2 fully saturated rings. The van der Waals surface area contributed by atoms with Crippen molar-refractivity contribution < 1.29 is 27.8 Å². The summed E-state index contributed by atoms with van der Waals surface area (Å²) in [5, 5.41) is 2.33. The predicted octanol–water partition coefficient (Wildman–Crippen LogP) is 3.91. The number of fused-ring (bicyclic) bond motifs is 1. The lowest BCUT2D eigenvalue weighted by molar-refractivity contribution is -0.135. The number of carbonyl (C=O) groups is 2. The number of carbonyl (C=O) groups excluding carboxylic acids is 2. The van der Waals surface area contributed by atoms with Gasteiger partial charge in [0, 0.05) is 30.9 Å². The van der Waals surface area contributed by atoms with Crippen molar-refractivity contribution in [1.29, 1.82) is 0 Å². The summed E-state index contributed by atoms with van der Waals surface area (Å²) < 4.78 is 39.4. The summed E-state index contributed by atoms with van der Waals surface area (Å²) >= 11 is 0. The number of piperidine rings is 1. The molecule has 1 saturated carbocycles. The first kappa shape index (κ1) is 21.5. The van der Waals surface area contributed by atoms with Crippen molar-refractivity contribution in [2.45, 2.75) is 45.6 Å². The average Bonchev–Trinajstić information content (AvgIpc) is 3.09. The number of benzene rings is 1. The normalized spacial score (nSPS) is 22.6. The molecule has 3 rings (SSSR count). The van der Waals surface area contributed by atoms with Gasteiger partial charge in [-0.25, -0.2) is 13.6 Å². The van der Waals surface area contributed by atoms with Gasteiger partial charge in [-0.2, -0.15) is 0 Å². The molecule has 2 aliphatic rings. The van der Waals surface area contributed by atoms with E-state index >= 15 is 0 Å². The zero-order chi connectivity index (χ0) is 21.1. The minimum Gasteiger partial charge on any atom is -0.447 e. The number of halogens is 2. The summed E-state index contributed by atoms with van der Waals surface area (Å²) in [6, 6.07) is 2.22. The Bertz CT molecular complexity index is 736. The summed E-state index contributed by atoms with van der Waals surface area (Å²) in [5.41, 5.74) is 0.0512. The van der Waals surface area contributed by atoms with E-state index in [-0.39, 0.29) is 47.6 Å². The smallest absolute Gasteiger partial charge is 0.411 e. The molecule has 1 N–H and O–H groups in total. The second kappa shape index (κ2) is 9.07. The maximum absolute atomic E-state index is 14.6. The molecule has 1 unspecified atom stereocenters. The van der Waals surface area contributed by atoms with Crippen LogP contribution in [0.4, 0.5) is 19.3 Å². The predicted molar refractivity (Wildman–Crippen MR) is 104 cm³/mol. The molecule has 0 aromatic heterocycles. The molecular weight excluding hydrogens is 382 g/mol. The summed E-state index contributed by atoms with van der Waals surface area (Å²) in [7, 11) is 0. The first-order valence-corrected chi connectivity index (χ1v) is 10.1. The van der Waals surface area contributed by atoms with Gasteiger partial charge in [-0.1, -0.05) is 13.3 Å². The van der Waals surface area contributed by atoms with Gasteiger partial charge in [0.25, 0.3) is 0 Å². The van der Waals surface area contributed by atoms with Crippen molar-refractivity contribution in [1.82, 2.24) is 4.90 Å². The van der Waals surface area contributed by atoms with Crippen LogP contribution in [0.1, 0.15) is 45.1 Å². The van der Waals surface area contributed by atoms with Crippen LogP contribution >= 0.6 is 0 Å². The lowest BCUT2D eigenvalue weighted by Crippen LogP contribution is -2.34. The van der Waals surface area contributed by atoms with Gasteiger partial charge >= 0.3 is 6.09 Å². The Kier molecular flexibility index (Phi) is 6.72. The fraction of sp³-hybridized carbons (Fsp3) is 0.619. The zero-order valence-corrected chi connectivity index (χ0v) is 17.0. The third-order valence-corrected chi connectivity index (χ3v) is 5.42. The fourth-order valence-electron chi connectivity index (χ4n) is 3.99. The van der Waals surface area contributed by atoms with E-state index in [0.29, 0.717) is 19.7 Å². The topological polar surface area (TPSA) is 67.9 Å². The van der Waals surface area contributed by atoms with Crippen LogP contribution in [0.2, 0.25) is 0 Å². The molecule has 1 aliphatic heterocycles.